The minimum absolute atomic E-state index is 0.428. The van der Waals surface area contributed by atoms with Crippen LogP contribution in [0.3, 0.4) is 0 Å². The van der Waals surface area contributed by atoms with Crippen molar-refractivity contribution < 1.29 is 0 Å². The Morgan fingerprint density at radius 1 is 1.41 bits per heavy atom. The third kappa shape index (κ3) is 2.57. The third-order valence-electron chi connectivity index (χ3n) is 2.35. The molecule has 86 valence electrons. The van der Waals surface area contributed by atoms with Gasteiger partial charge >= 0.3 is 0 Å². The number of halogens is 1. The summed E-state index contributed by atoms with van der Waals surface area (Å²) in [5.74, 6) is 0.428. The van der Waals surface area contributed by atoms with Crippen LogP contribution in [-0.2, 0) is 5.88 Å². The minimum atomic E-state index is 0.428. The largest absolute Gasteiger partial charge is 0.321 e. The predicted octanol–water partition coefficient (Wildman–Crippen LogP) is 3.52. The average molecular weight is 264 g/mol. The molecular weight excluding hydrogens is 254 g/mol. The number of alkyl halides is 1. The molecule has 17 heavy (non-hydrogen) atoms. The summed E-state index contributed by atoms with van der Waals surface area (Å²) >= 11 is 7.27. The van der Waals surface area contributed by atoms with Gasteiger partial charge in [0.05, 0.1) is 23.2 Å². The van der Waals surface area contributed by atoms with Gasteiger partial charge in [-0.05, 0) is 24.3 Å². The average Bonchev–Trinajstić information content (AvgIpc) is 2.87. The molecule has 0 saturated heterocycles. The number of nitriles is 1. The fourth-order valence-corrected chi connectivity index (χ4v) is 2.42. The predicted molar refractivity (Wildman–Crippen MR) is 70.9 cm³/mol. The van der Waals surface area contributed by atoms with E-state index in [2.05, 4.69) is 11.1 Å². The van der Waals surface area contributed by atoms with Crippen LogP contribution >= 0.6 is 22.9 Å². The Labute approximate surface area is 109 Å². The maximum atomic E-state index is 8.73. The van der Waals surface area contributed by atoms with E-state index < -0.39 is 0 Å². The van der Waals surface area contributed by atoms with E-state index in [1.165, 1.54) is 0 Å². The first-order valence-electron chi connectivity index (χ1n) is 4.99. The number of aromatic nitrogens is 1. The molecule has 0 amide bonds. The Kier molecular flexibility index (Phi) is 3.62. The van der Waals surface area contributed by atoms with Gasteiger partial charge in [0.25, 0.3) is 0 Å². The highest BCUT2D eigenvalue weighted by Crippen LogP contribution is 2.27. The van der Waals surface area contributed by atoms with E-state index in [0.29, 0.717) is 11.4 Å². The van der Waals surface area contributed by atoms with Gasteiger partial charge in [0.15, 0.2) is 5.13 Å². The second-order valence-electron chi connectivity index (χ2n) is 3.47. The van der Waals surface area contributed by atoms with Crippen molar-refractivity contribution in [2.45, 2.75) is 5.88 Å². The van der Waals surface area contributed by atoms with Crippen LogP contribution in [-0.4, -0.2) is 12.0 Å². The normalized spacial score (nSPS) is 9.94. The first-order chi connectivity index (χ1) is 8.24. The smallest absolute Gasteiger partial charge is 0.189 e. The summed E-state index contributed by atoms with van der Waals surface area (Å²) in [6, 6.07) is 9.49. The maximum absolute atomic E-state index is 8.73. The second-order valence-corrected chi connectivity index (χ2v) is 4.58. The van der Waals surface area contributed by atoms with Crippen molar-refractivity contribution in [3.05, 3.63) is 40.9 Å². The third-order valence-corrected chi connectivity index (χ3v) is 3.59. The van der Waals surface area contributed by atoms with E-state index in [9.17, 15) is 0 Å². The summed E-state index contributed by atoms with van der Waals surface area (Å²) in [6.07, 6.45) is 0. The molecule has 1 aromatic heterocycles. The number of hydrogen-bond donors (Lipinski definition) is 0. The van der Waals surface area contributed by atoms with Gasteiger partial charge in [0.2, 0.25) is 0 Å². The lowest BCUT2D eigenvalue weighted by atomic mass is 10.2. The standard InChI is InChI=1S/C12H10ClN3S/c1-16(12-15-10(6-13)8-17-12)11-4-2-9(7-14)3-5-11/h2-5,8H,6H2,1H3. The number of hydrogen-bond acceptors (Lipinski definition) is 4. The molecule has 3 nitrogen and oxygen atoms in total. The number of benzene rings is 1. The van der Waals surface area contributed by atoms with Gasteiger partial charge < -0.3 is 4.90 Å². The topological polar surface area (TPSA) is 39.9 Å². The Morgan fingerprint density at radius 2 is 2.12 bits per heavy atom. The van der Waals surface area contributed by atoms with Crippen LogP contribution in [0.2, 0.25) is 0 Å². The van der Waals surface area contributed by atoms with Gasteiger partial charge in [-0.2, -0.15) is 5.26 Å². The van der Waals surface area contributed by atoms with Crippen molar-refractivity contribution in [2.24, 2.45) is 0 Å². The van der Waals surface area contributed by atoms with Crippen LogP contribution in [0.4, 0.5) is 10.8 Å². The Balaban J connectivity index is 2.24. The molecule has 0 bridgehead atoms. The fourth-order valence-electron chi connectivity index (χ4n) is 1.38. The summed E-state index contributed by atoms with van der Waals surface area (Å²) in [6.45, 7) is 0. The summed E-state index contributed by atoms with van der Waals surface area (Å²) in [5, 5.41) is 11.6. The van der Waals surface area contributed by atoms with Crippen molar-refractivity contribution in [1.82, 2.24) is 4.98 Å². The van der Waals surface area contributed by atoms with Crippen LogP contribution in [0, 0.1) is 11.3 Å². The highest BCUT2D eigenvalue weighted by molar-refractivity contribution is 7.13. The maximum Gasteiger partial charge on any atom is 0.189 e. The second kappa shape index (κ2) is 5.17. The molecule has 0 aliphatic carbocycles. The molecule has 0 aliphatic heterocycles. The highest BCUT2D eigenvalue weighted by Gasteiger charge is 2.08. The van der Waals surface area contributed by atoms with Gasteiger partial charge in [0, 0.05) is 18.1 Å². The van der Waals surface area contributed by atoms with Gasteiger partial charge in [0.1, 0.15) is 0 Å². The molecule has 1 heterocycles. The van der Waals surface area contributed by atoms with E-state index >= 15 is 0 Å². The molecule has 0 N–H and O–H groups in total. The highest BCUT2D eigenvalue weighted by atomic mass is 35.5. The summed E-state index contributed by atoms with van der Waals surface area (Å²) < 4.78 is 0. The SMILES string of the molecule is CN(c1ccc(C#N)cc1)c1nc(CCl)cs1. The molecule has 0 atom stereocenters. The lowest BCUT2D eigenvalue weighted by Gasteiger charge is -2.15. The van der Waals surface area contributed by atoms with Crippen LogP contribution in [0.25, 0.3) is 0 Å². The molecule has 5 heteroatoms. The van der Waals surface area contributed by atoms with Crippen LogP contribution in [0.1, 0.15) is 11.3 Å². The zero-order valence-electron chi connectivity index (χ0n) is 9.22. The molecule has 1 aromatic carbocycles. The van der Waals surface area contributed by atoms with Crippen LogP contribution < -0.4 is 4.90 Å². The molecule has 0 saturated carbocycles. The van der Waals surface area contributed by atoms with Crippen molar-refractivity contribution in [1.29, 1.82) is 5.26 Å². The molecule has 0 fully saturated rings. The molecule has 2 aromatic rings. The summed E-state index contributed by atoms with van der Waals surface area (Å²) in [5.41, 5.74) is 2.54. The molecule has 0 radical (unpaired) electrons. The molecule has 0 aliphatic rings. The first kappa shape index (κ1) is 11.9. The van der Waals surface area contributed by atoms with Gasteiger partial charge in [-0.1, -0.05) is 0 Å². The first-order valence-corrected chi connectivity index (χ1v) is 6.40. The van der Waals surface area contributed by atoms with Gasteiger partial charge in [-0.15, -0.1) is 22.9 Å². The number of nitrogens with zero attached hydrogens (tertiary/aromatic N) is 3. The van der Waals surface area contributed by atoms with Gasteiger partial charge in [-0.25, -0.2) is 4.98 Å². The van der Waals surface area contributed by atoms with Gasteiger partial charge in [-0.3, -0.25) is 0 Å². The Bertz CT molecular complexity index is 542. The van der Waals surface area contributed by atoms with E-state index in [0.717, 1.165) is 16.5 Å². The lowest BCUT2D eigenvalue weighted by molar-refractivity contribution is 1.13. The fraction of sp³-hybridized carbons (Fsp3) is 0.167. The lowest BCUT2D eigenvalue weighted by Crippen LogP contribution is -2.08. The van der Waals surface area contributed by atoms with E-state index in [-0.39, 0.29) is 0 Å². The van der Waals surface area contributed by atoms with Crippen molar-refractivity contribution >= 4 is 33.8 Å². The number of rotatable bonds is 3. The minimum Gasteiger partial charge on any atom is -0.321 e. The number of anilines is 2. The van der Waals surface area contributed by atoms with E-state index in [1.807, 2.05) is 29.5 Å². The van der Waals surface area contributed by atoms with Crippen LogP contribution in [0.5, 0.6) is 0 Å². The zero-order valence-corrected chi connectivity index (χ0v) is 10.8. The van der Waals surface area contributed by atoms with Crippen molar-refractivity contribution in [3.8, 4) is 6.07 Å². The zero-order chi connectivity index (χ0) is 12.3. The molecule has 0 unspecified atom stereocenters. The Hall–Kier alpha value is -1.57. The Morgan fingerprint density at radius 3 is 2.65 bits per heavy atom. The van der Waals surface area contributed by atoms with Crippen molar-refractivity contribution in [3.63, 3.8) is 0 Å². The van der Waals surface area contributed by atoms with Crippen LogP contribution in [0.15, 0.2) is 29.6 Å². The monoisotopic (exact) mass is 263 g/mol. The summed E-state index contributed by atoms with van der Waals surface area (Å²) in [7, 11) is 1.94. The molecule has 0 spiro atoms. The quantitative estimate of drug-likeness (QED) is 0.796. The number of thiazole rings is 1. The summed E-state index contributed by atoms with van der Waals surface area (Å²) in [4.78, 5) is 6.37. The molecule has 2 rings (SSSR count). The van der Waals surface area contributed by atoms with E-state index in [4.69, 9.17) is 16.9 Å². The molecular formula is C12H10ClN3S. The van der Waals surface area contributed by atoms with E-state index in [1.54, 1.807) is 23.5 Å². The van der Waals surface area contributed by atoms with Crippen molar-refractivity contribution in [2.75, 3.05) is 11.9 Å².